The highest BCUT2D eigenvalue weighted by Gasteiger charge is 2.34. The first-order chi connectivity index (χ1) is 9.40. The molecule has 2 rings (SSSR count). The third-order valence-electron chi connectivity index (χ3n) is 2.94. The molecule has 8 heteroatoms. The van der Waals surface area contributed by atoms with Gasteiger partial charge in [0.25, 0.3) is 0 Å². The van der Waals surface area contributed by atoms with Crippen molar-refractivity contribution in [3.8, 4) is 0 Å². The molecular formula is C12H12BrFN2O3S. The Morgan fingerprint density at radius 3 is 2.90 bits per heavy atom. The van der Waals surface area contributed by atoms with Crippen molar-refractivity contribution in [2.45, 2.75) is 13.0 Å². The van der Waals surface area contributed by atoms with Gasteiger partial charge in [0.2, 0.25) is 0 Å². The molecule has 5 nitrogen and oxygen atoms in total. The highest BCUT2D eigenvalue weighted by Crippen LogP contribution is 2.26. The highest BCUT2D eigenvalue weighted by atomic mass is 79.9. The Balaban J connectivity index is 2.16. The number of nitrogens with zero attached hydrogens (tertiary/aromatic N) is 1. The summed E-state index contributed by atoms with van der Waals surface area (Å²) in [5.74, 6) is -0.863. The van der Waals surface area contributed by atoms with Crippen LogP contribution in [0.2, 0.25) is 0 Å². The van der Waals surface area contributed by atoms with Crippen molar-refractivity contribution in [1.82, 2.24) is 4.90 Å². The Hall–Kier alpha value is -1.28. The lowest BCUT2D eigenvalue weighted by molar-refractivity contribution is -0.140. The number of hydrogen-bond donors (Lipinski definition) is 2. The number of carboxylic acids is 1. The van der Waals surface area contributed by atoms with Crippen molar-refractivity contribution in [2.24, 2.45) is 0 Å². The number of benzene rings is 1. The second kappa shape index (κ2) is 6.01. The molecule has 1 aromatic rings. The van der Waals surface area contributed by atoms with E-state index in [4.69, 9.17) is 5.11 Å². The van der Waals surface area contributed by atoms with E-state index in [2.05, 4.69) is 21.2 Å². The number of carbonyl (C=O) groups is 2. The number of aryl methyl sites for hydroxylation is 1. The van der Waals surface area contributed by atoms with E-state index in [9.17, 15) is 14.0 Å². The van der Waals surface area contributed by atoms with Crippen molar-refractivity contribution in [3.05, 3.63) is 28.0 Å². The first-order valence-electron chi connectivity index (χ1n) is 5.74. The smallest absolute Gasteiger partial charge is 0.327 e. The Kier molecular flexibility index (Phi) is 4.54. The van der Waals surface area contributed by atoms with Crippen molar-refractivity contribution >= 4 is 45.4 Å². The van der Waals surface area contributed by atoms with Crippen LogP contribution in [0.25, 0.3) is 0 Å². The molecule has 20 heavy (non-hydrogen) atoms. The van der Waals surface area contributed by atoms with Crippen LogP contribution in [0, 0.1) is 12.7 Å². The summed E-state index contributed by atoms with van der Waals surface area (Å²) in [4.78, 5) is 24.3. The maximum Gasteiger partial charge on any atom is 0.327 e. The number of halogens is 2. The van der Waals surface area contributed by atoms with Gasteiger partial charge in [-0.2, -0.15) is 0 Å². The third kappa shape index (κ3) is 3.06. The van der Waals surface area contributed by atoms with Crippen LogP contribution < -0.4 is 5.32 Å². The van der Waals surface area contributed by atoms with Crippen LogP contribution in [0.5, 0.6) is 0 Å². The first kappa shape index (κ1) is 15.1. The number of aliphatic carboxylic acids is 1. The summed E-state index contributed by atoms with van der Waals surface area (Å²) in [6.45, 7) is 1.73. The molecule has 1 heterocycles. The van der Waals surface area contributed by atoms with Crippen LogP contribution in [0.4, 0.5) is 14.9 Å². The summed E-state index contributed by atoms with van der Waals surface area (Å²) in [6, 6.07) is 1.38. The molecule has 0 spiro atoms. The van der Waals surface area contributed by atoms with Gasteiger partial charge in [0, 0.05) is 11.4 Å². The average molecular weight is 363 g/mol. The summed E-state index contributed by atoms with van der Waals surface area (Å²) in [6.07, 6.45) is 0. The molecule has 0 aliphatic carbocycles. The van der Waals surface area contributed by atoms with Crippen LogP contribution in [0.1, 0.15) is 5.56 Å². The van der Waals surface area contributed by atoms with E-state index < -0.39 is 23.9 Å². The fraction of sp³-hybridized carbons (Fsp3) is 0.333. The third-order valence-corrected chi connectivity index (χ3v) is 4.56. The molecule has 1 unspecified atom stereocenters. The van der Waals surface area contributed by atoms with Gasteiger partial charge in [-0.25, -0.2) is 14.0 Å². The molecule has 1 fully saturated rings. The van der Waals surface area contributed by atoms with Crippen molar-refractivity contribution in [3.63, 3.8) is 0 Å². The van der Waals surface area contributed by atoms with Gasteiger partial charge in [-0.1, -0.05) is 0 Å². The molecule has 0 bridgehead atoms. The lowest BCUT2D eigenvalue weighted by Gasteiger charge is -2.21. The maximum atomic E-state index is 13.5. The van der Waals surface area contributed by atoms with E-state index >= 15 is 0 Å². The summed E-state index contributed by atoms with van der Waals surface area (Å²) < 4.78 is 13.8. The number of hydrogen-bond acceptors (Lipinski definition) is 3. The minimum Gasteiger partial charge on any atom is -0.480 e. The summed E-state index contributed by atoms with van der Waals surface area (Å²) in [5, 5.41) is 11.6. The van der Waals surface area contributed by atoms with E-state index in [1.807, 2.05) is 0 Å². The molecule has 0 saturated carbocycles. The highest BCUT2D eigenvalue weighted by molar-refractivity contribution is 9.10. The van der Waals surface area contributed by atoms with E-state index in [1.165, 1.54) is 22.7 Å². The number of thioether (sulfide) groups is 1. The summed E-state index contributed by atoms with van der Waals surface area (Å²) in [5.41, 5.74) is 1.02. The number of nitrogens with one attached hydrogen (secondary N) is 1. The Labute approximate surface area is 127 Å². The van der Waals surface area contributed by atoms with Crippen molar-refractivity contribution in [2.75, 3.05) is 16.9 Å². The predicted octanol–water partition coefficient (Wildman–Crippen LogP) is 2.89. The number of amides is 2. The molecular weight excluding hydrogens is 351 g/mol. The SMILES string of the molecule is Cc1cc(Br)c(F)cc1NC(=O)N1CSCC1C(=O)O. The quantitative estimate of drug-likeness (QED) is 0.848. The molecule has 1 saturated heterocycles. The van der Waals surface area contributed by atoms with E-state index in [-0.39, 0.29) is 0 Å². The molecule has 0 aromatic heterocycles. The number of anilines is 1. The van der Waals surface area contributed by atoms with Crippen LogP contribution in [-0.4, -0.2) is 39.7 Å². The molecule has 1 atom stereocenters. The summed E-state index contributed by atoms with van der Waals surface area (Å²) in [7, 11) is 0. The Morgan fingerprint density at radius 2 is 2.25 bits per heavy atom. The first-order valence-corrected chi connectivity index (χ1v) is 7.68. The van der Waals surface area contributed by atoms with Gasteiger partial charge >= 0.3 is 12.0 Å². The molecule has 1 aliphatic rings. The molecule has 2 N–H and O–H groups in total. The zero-order chi connectivity index (χ0) is 14.9. The normalized spacial score (nSPS) is 18.1. The molecule has 2 amide bonds. The van der Waals surface area contributed by atoms with Gasteiger partial charge in [0.05, 0.1) is 10.3 Å². The number of carboxylic acid groups (broad SMARTS) is 1. The number of carbonyl (C=O) groups excluding carboxylic acids is 1. The van der Waals surface area contributed by atoms with Crippen LogP contribution in [-0.2, 0) is 4.79 Å². The van der Waals surface area contributed by atoms with Crippen LogP contribution in [0.15, 0.2) is 16.6 Å². The van der Waals surface area contributed by atoms with Gasteiger partial charge in [-0.05, 0) is 40.5 Å². The van der Waals surface area contributed by atoms with Gasteiger partial charge < -0.3 is 15.3 Å². The largest absolute Gasteiger partial charge is 0.480 e. The monoisotopic (exact) mass is 362 g/mol. The fourth-order valence-corrected chi connectivity index (χ4v) is 3.42. The topological polar surface area (TPSA) is 69.6 Å². The average Bonchev–Trinajstić information content (AvgIpc) is 2.85. The summed E-state index contributed by atoms with van der Waals surface area (Å²) >= 11 is 4.43. The van der Waals surface area contributed by atoms with Gasteiger partial charge in [0.15, 0.2) is 0 Å². The molecule has 108 valence electrons. The second-order valence-electron chi connectivity index (χ2n) is 4.34. The molecule has 0 radical (unpaired) electrons. The van der Waals surface area contributed by atoms with Crippen LogP contribution >= 0.6 is 27.7 Å². The molecule has 1 aromatic carbocycles. The standard InChI is InChI=1S/C12H12BrFN2O3S/c1-6-2-7(13)8(14)3-9(6)15-12(19)16-5-20-4-10(16)11(17)18/h2-3,10H,4-5H2,1H3,(H,15,19)(H,17,18). The van der Waals surface area contributed by atoms with Crippen molar-refractivity contribution in [1.29, 1.82) is 0 Å². The zero-order valence-corrected chi connectivity index (χ0v) is 12.9. The van der Waals surface area contributed by atoms with Gasteiger partial charge in [0.1, 0.15) is 11.9 Å². The lowest BCUT2D eigenvalue weighted by atomic mass is 10.2. The number of urea groups is 1. The maximum absolute atomic E-state index is 13.5. The van der Waals surface area contributed by atoms with Gasteiger partial charge in [-0.3, -0.25) is 0 Å². The Bertz CT molecular complexity index is 570. The van der Waals surface area contributed by atoms with E-state index in [1.54, 1.807) is 13.0 Å². The Morgan fingerprint density at radius 1 is 1.55 bits per heavy atom. The van der Waals surface area contributed by atoms with Crippen molar-refractivity contribution < 1.29 is 19.1 Å². The minimum absolute atomic E-state index is 0.306. The zero-order valence-electron chi connectivity index (χ0n) is 10.5. The fourth-order valence-electron chi connectivity index (χ4n) is 1.82. The second-order valence-corrected chi connectivity index (χ2v) is 6.19. The number of rotatable bonds is 2. The lowest BCUT2D eigenvalue weighted by Crippen LogP contribution is -2.44. The van der Waals surface area contributed by atoms with E-state index in [0.29, 0.717) is 27.4 Å². The van der Waals surface area contributed by atoms with Gasteiger partial charge in [-0.15, -0.1) is 11.8 Å². The molecule has 1 aliphatic heterocycles. The van der Waals surface area contributed by atoms with E-state index in [0.717, 1.165) is 0 Å². The minimum atomic E-state index is -1.04. The predicted molar refractivity (Wildman–Crippen MR) is 78.4 cm³/mol. The van der Waals surface area contributed by atoms with Crippen LogP contribution in [0.3, 0.4) is 0 Å².